The zero-order valence-electron chi connectivity index (χ0n) is 14.5. The number of phenolic OH excluding ortho intramolecular Hbond substituents is 1. The van der Waals surface area contributed by atoms with Crippen molar-refractivity contribution in [3.8, 4) is 5.75 Å². The first kappa shape index (κ1) is 17.4. The van der Waals surface area contributed by atoms with Crippen molar-refractivity contribution in [2.24, 2.45) is 0 Å². The van der Waals surface area contributed by atoms with Gasteiger partial charge in [-0.2, -0.15) is 0 Å². The van der Waals surface area contributed by atoms with Crippen molar-refractivity contribution in [3.05, 3.63) is 23.8 Å². The van der Waals surface area contributed by atoms with Gasteiger partial charge < -0.3 is 20.5 Å². The summed E-state index contributed by atoms with van der Waals surface area (Å²) < 4.78 is 5.33. The molecule has 0 bridgehead atoms. The van der Waals surface area contributed by atoms with E-state index in [4.69, 9.17) is 4.74 Å². The zero-order chi connectivity index (χ0) is 17.0. The summed E-state index contributed by atoms with van der Waals surface area (Å²) >= 11 is 0. The molecule has 128 valence electrons. The summed E-state index contributed by atoms with van der Waals surface area (Å²) in [4.78, 5) is 11.9. The highest BCUT2D eigenvalue weighted by Gasteiger charge is 2.25. The molecule has 5 nitrogen and oxygen atoms in total. The molecule has 5 heteroatoms. The van der Waals surface area contributed by atoms with E-state index in [0.29, 0.717) is 6.04 Å². The van der Waals surface area contributed by atoms with Crippen LogP contribution in [0.1, 0.15) is 52.0 Å². The maximum Gasteiger partial charge on any atom is 0.407 e. The number of amides is 1. The molecule has 0 radical (unpaired) electrons. The normalized spacial score (nSPS) is 21.6. The minimum atomic E-state index is -0.473. The third-order valence-electron chi connectivity index (χ3n) is 3.96. The number of carbonyl (C=O) groups is 1. The second kappa shape index (κ2) is 7.11. The smallest absolute Gasteiger partial charge is 0.407 e. The molecule has 0 heterocycles. The number of aryl methyl sites for hydroxylation is 1. The van der Waals surface area contributed by atoms with E-state index in [9.17, 15) is 9.90 Å². The van der Waals surface area contributed by atoms with Gasteiger partial charge in [-0.1, -0.05) is 0 Å². The van der Waals surface area contributed by atoms with Crippen molar-refractivity contribution in [1.29, 1.82) is 0 Å². The van der Waals surface area contributed by atoms with Gasteiger partial charge in [0.05, 0.1) is 0 Å². The molecule has 0 saturated heterocycles. The minimum absolute atomic E-state index is 0.133. The number of phenols is 1. The van der Waals surface area contributed by atoms with E-state index in [1.54, 1.807) is 12.1 Å². The van der Waals surface area contributed by atoms with Crippen LogP contribution in [0.15, 0.2) is 18.2 Å². The van der Waals surface area contributed by atoms with Gasteiger partial charge in [-0.15, -0.1) is 0 Å². The molecule has 1 aromatic carbocycles. The van der Waals surface area contributed by atoms with Crippen LogP contribution >= 0.6 is 0 Å². The Hall–Kier alpha value is -1.91. The Bertz CT molecular complexity index is 552. The third kappa shape index (κ3) is 5.66. The average Bonchev–Trinajstić information content (AvgIpc) is 2.40. The zero-order valence-corrected chi connectivity index (χ0v) is 14.5. The maximum absolute atomic E-state index is 11.9. The second-order valence-corrected chi connectivity index (χ2v) is 7.35. The molecule has 1 aliphatic carbocycles. The Morgan fingerprint density at radius 3 is 2.61 bits per heavy atom. The van der Waals surface area contributed by atoms with Crippen LogP contribution in [0, 0.1) is 6.92 Å². The second-order valence-electron chi connectivity index (χ2n) is 7.35. The van der Waals surface area contributed by atoms with Crippen LogP contribution in [0.2, 0.25) is 0 Å². The number of nitrogens with one attached hydrogen (secondary N) is 2. The summed E-state index contributed by atoms with van der Waals surface area (Å²) in [5, 5.41) is 16.0. The molecule has 0 spiro atoms. The van der Waals surface area contributed by atoms with Gasteiger partial charge in [0.15, 0.2) is 0 Å². The van der Waals surface area contributed by atoms with Crippen molar-refractivity contribution in [2.45, 2.75) is 71.1 Å². The molecular weight excluding hydrogens is 292 g/mol. The van der Waals surface area contributed by atoms with Crippen molar-refractivity contribution in [2.75, 3.05) is 5.32 Å². The lowest BCUT2D eigenvalue weighted by Gasteiger charge is -2.32. The van der Waals surface area contributed by atoms with Crippen LogP contribution in [-0.4, -0.2) is 28.9 Å². The van der Waals surface area contributed by atoms with Crippen LogP contribution in [0.25, 0.3) is 0 Å². The quantitative estimate of drug-likeness (QED) is 0.738. The Kier molecular flexibility index (Phi) is 5.39. The van der Waals surface area contributed by atoms with E-state index >= 15 is 0 Å². The summed E-state index contributed by atoms with van der Waals surface area (Å²) in [5.74, 6) is 0.279. The van der Waals surface area contributed by atoms with Crippen LogP contribution in [0.4, 0.5) is 10.5 Å². The number of alkyl carbamates (subject to hydrolysis) is 1. The van der Waals surface area contributed by atoms with E-state index in [-0.39, 0.29) is 17.9 Å². The molecule has 1 aliphatic rings. The fraction of sp³-hybridized carbons (Fsp3) is 0.611. The van der Waals surface area contributed by atoms with Crippen molar-refractivity contribution in [1.82, 2.24) is 5.32 Å². The molecule has 23 heavy (non-hydrogen) atoms. The highest BCUT2D eigenvalue weighted by Crippen LogP contribution is 2.26. The Morgan fingerprint density at radius 2 is 1.96 bits per heavy atom. The molecule has 0 aliphatic heterocycles. The molecule has 3 N–H and O–H groups in total. The molecular formula is C18H28N2O3. The van der Waals surface area contributed by atoms with Gasteiger partial charge in [0, 0.05) is 17.8 Å². The summed E-state index contributed by atoms with van der Waals surface area (Å²) in [7, 11) is 0. The van der Waals surface area contributed by atoms with Crippen LogP contribution in [-0.2, 0) is 4.74 Å². The summed E-state index contributed by atoms with van der Waals surface area (Å²) in [6.45, 7) is 7.57. The molecule has 1 fully saturated rings. The highest BCUT2D eigenvalue weighted by molar-refractivity contribution is 5.68. The fourth-order valence-electron chi connectivity index (χ4n) is 2.96. The van der Waals surface area contributed by atoms with E-state index < -0.39 is 5.60 Å². The SMILES string of the molecule is Cc1cc(O)ccc1NC1CCCC(NC(=O)OC(C)(C)C)C1. The Balaban J connectivity index is 1.89. The molecule has 2 atom stereocenters. The lowest BCUT2D eigenvalue weighted by Crippen LogP contribution is -2.43. The molecule has 1 saturated carbocycles. The van der Waals surface area contributed by atoms with Gasteiger partial charge in [-0.3, -0.25) is 0 Å². The van der Waals surface area contributed by atoms with E-state index in [2.05, 4.69) is 10.6 Å². The van der Waals surface area contributed by atoms with Crippen molar-refractivity contribution >= 4 is 11.8 Å². The fourth-order valence-corrected chi connectivity index (χ4v) is 2.96. The summed E-state index contributed by atoms with van der Waals surface area (Å²) in [6, 6.07) is 5.78. The summed E-state index contributed by atoms with van der Waals surface area (Å²) in [5.41, 5.74) is 1.58. The first-order valence-electron chi connectivity index (χ1n) is 8.28. The van der Waals surface area contributed by atoms with E-state index in [1.165, 1.54) is 0 Å². The van der Waals surface area contributed by atoms with Gasteiger partial charge in [0.1, 0.15) is 11.4 Å². The minimum Gasteiger partial charge on any atom is -0.508 e. The van der Waals surface area contributed by atoms with Gasteiger partial charge >= 0.3 is 6.09 Å². The third-order valence-corrected chi connectivity index (χ3v) is 3.96. The molecule has 1 aromatic rings. The summed E-state index contributed by atoms with van der Waals surface area (Å²) in [6.07, 6.45) is 3.65. The lowest BCUT2D eigenvalue weighted by molar-refractivity contribution is 0.0492. The number of carbonyl (C=O) groups excluding carboxylic acids is 1. The first-order chi connectivity index (χ1) is 10.7. The Morgan fingerprint density at radius 1 is 1.26 bits per heavy atom. The molecule has 1 amide bonds. The number of rotatable bonds is 3. The van der Waals surface area contributed by atoms with Crippen LogP contribution < -0.4 is 10.6 Å². The average molecular weight is 320 g/mol. The number of anilines is 1. The number of aromatic hydroxyl groups is 1. The first-order valence-corrected chi connectivity index (χ1v) is 8.28. The number of ether oxygens (including phenoxy) is 1. The molecule has 2 rings (SSSR count). The van der Waals surface area contributed by atoms with Crippen LogP contribution in [0.3, 0.4) is 0 Å². The Labute approximate surface area is 138 Å². The number of hydrogen-bond donors (Lipinski definition) is 3. The largest absolute Gasteiger partial charge is 0.508 e. The molecule has 2 unspecified atom stereocenters. The topological polar surface area (TPSA) is 70.6 Å². The highest BCUT2D eigenvalue weighted by atomic mass is 16.6. The monoisotopic (exact) mass is 320 g/mol. The van der Waals surface area contributed by atoms with Gasteiger partial charge in [-0.25, -0.2) is 4.79 Å². The maximum atomic E-state index is 11.9. The number of benzene rings is 1. The van der Waals surface area contributed by atoms with E-state index in [0.717, 1.165) is 36.9 Å². The lowest BCUT2D eigenvalue weighted by atomic mass is 9.90. The van der Waals surface area contributed by atoms with Crippen molar-refractivity contribution in [3.63, 3.8) is 0 Å². The standard InChI is InChI=1S/C18H28N2O3/c1-12-10-15(21)8-9-16(12)19-13-6-5-7-14(11-13)20-17(22)23-18(2,3)4/h8-10,13-14,19,21H,5-7,11H2,1-4H3,(H,20,22). The predicted octanol–water partition coefficient (Wildman–Crippen LogP) is 3.95. The predicted molar refractivity (Wildman–Crippen MR) is 91.9 cm³/mol. The van der Waals surface area contributed by atoms with E-state index in [1.807, 2.05) is 33.8 Å². The van der Waals surface area contributed by atoms with Gasteiger partial charge in [0.2, 0.25) is 0 Å². The van der Waals surface area contributed by atoms with Gasteiger partial charge in [0.25, 0.3) is 0 Å². The van der Waals surface area contributed by atoms with Crippen molar-refractivity contribution < 1.29 is 14.6 Å². The van der Waals surface area contributed by atoms with Crippen LogP contribution in [0.5, 0.6) is 5.75 Å². The number of hydrogen-bond acceptors (Lipinski definition) is 4. The van der Waals surface area contributed by atoms with Gasteiger partial charge in [-0.05, 0) is 77.1 Å². The molecule has 0 aromatic heterocycles.